The quantitative estimate of drug-likeness (QED) is 0.483. The van der Waals surface area contributed by atoms with Crippen LogP contribution in [0.5, 0.6) is 5.75 Å². The average Bonchev–Trinajstić information content (AvgIpc) is 3.25. The van der Waals surface area contributed by atoms with Gasteiger partial charge in [-0.05, 0) is 122 Å². The van der Waals surface area contributed by atoms with E-state index in [1.165, 1.54) is 25.7 Å². The summed E-state index contributed by atoms with van der Waals surface area (Å²) in [6.45, 7) is 7.40. The highest BCUT2D eigenvalue weighted by molar-refractivity contribution is 5.79. The van der Waals surface area contributed by atoms with Crippen molar-refractivity contribution >= 4 is 10.9 Å². The molecule has 3 N–H and O–H groups in total. The molecule has 1 aromatic carbocycles. The number of rotatable bonds is 5. The number of ether oxygens (including phenoxy) is 1. The highest BCUT2D eigenvalue weighted by Crippen LogP contribution is 2.68. The first kappa shape index (κ1) is 26.3. The van der Waals surface area contributed by atoms with E-state index < -0.39 is 0 Å². The molecule has 6 nitrogen and oxygen atoms in total. The van der Waals surface area contributed by atoms with E-state index in [4.69, 9.17) is 9.72 Å². The molecular formula is C32H46N2O4. The Labute approximate surface area is 226 Å². The number of aliphatic hydroxyl groups excluding tert-OH is 2. The fraction of sp³-hybridized carbons (Fsp3) is 0.750. The van der Waals surface area contributed by atoms with E-state index >= 15 is 0 Å². The minimum absolute atomic E-state index is 0.101. The van der Waals surface area contributed by atoms with Crippen molar-refractivity contribution in [2.24, 2.45) is 46.3 Å². The SMILES string of the molecule is COc1ccc2nc(CC[C@@H](C)[C@H]3CC[C@H]4[C@H]5C(CC[C@]34C)[C@@]3(C)CC[C@@H](O)C[C@H]3C[C@H]5O)[nH]c(=O)c2c1. The van der Waals surface area contributed by atoms with Crippen LogP contribution in [-0.2, 0) is 6.42 Å². The van der Waals surface area contributed by atoms with Crippen molar-refractivity contribution in [3.05, 3.63) is 34.4 Å². The summed E-state index contributed by atoms with van der Waals surface area (Å²) >= 11 is 0. The van der Waals surface area contributed by atoms with Crippen molar-refractivity contribution in [3.8, 4) is 5.75 Å². The Morgan fingerprint density at radius 1 is 1.08 bits per heavy atom. The summed E-state index contributed by atoms with van der Waals surface area (Å²) in [6, 6.07) is 5.47. The molecule has 1 aromatic heterocycles. The van der Waals surface area contributed by atoms with Crippen LogP contribution in [0.25, 0.3) is 10.9 Å². The molecule has 0 bridgehead atoms. The second kappa shape index (κ2) is 9.62. The average molecular weight is 523 g/mol. The van der Waals surface area contributed by atoms with Crippen molar-refractivity contribution in [1.29, 1.82) is 0 Å². The molecule has 0 aliphatic heterocycles. The zero-order valence-electron chi connectivity index (χ0n) is 23.6. The molecule has 6 rings (SSSR count). The van der Waals surface area contributed by atoms with Gasteiger partial charge in [-0.15, -0.1) is 0 Å². The third kappa shape index (κ3) is 4.13. The Morgan fingerprint density at radius 3 is 2.63 bits per heavy atom. The number of aromatic nitrogens is 2. The van der Waals surface area contributed by atoms with E-state index in [-0.39, 0.29) is 28.6 Å². The van der Waals surface area contributed by atoms with Gasteiger partial charge in [0.25, 0.3) is 5.56 Å². The van der Waals surface area contributed by atoms with Gasteiger partial charge in [0.05, 0.1) is 30.2 Å². The monoisotopic (exact) mass is 522 g/mol. The summed E-state index contributed by atoms with van der Waals surface area (Å²) in [5.74, 6) is 4.63. The maximum Gasteiger partial charge on any atom is 0.258 e. The molecule has 10 atom stereocenters. The second-order valence-corrected chi connectivity index (χ2v) is 13.9. The van der Waals surface area contributed by atoms with E-state index in [0.29, 0.717) is 46.6 Å². The molecule has 6 heteroatoms. The first-order chi connectivity index (χ1) is 18.1. The van der Waals surface area contributed by atoms with Gasteiger partial charge in [0, 0.05) is 6.42 Å². The standard InChI is InChI=1S/C32H46N2O4/c1-18(5-10-28-33-26-9-6-21(38-4)17-22(26)30(37)34-28)23-7-8-24-29-25(12-14-32(23,24)3)31(2)13-11-20(35)15-19(31)16-27(29)36/h6,9,17-20,23-25,27,29,35-36H,5,7-8,10-16H2,1-4H3,(H,33,34,37)/t18-,19+,20-,23-,24+,25?,27-,29+,31+,32-/m1/s1. The number of hydrogen-bond donors (Lipinski definition) is 3. The largest absolute Gasteiger partial charge is 0.497 e. The fourth-order valence-corrected chi connectivity index (χ4v) is 10.2. The zero-order chi connectivity index (χ0) is 26.8. The Kier molecular flexibility index (Phi) is 6.66. The van der Waals surface area contributed by atoms with E-state index in [9.17, 15) is 15.0 Å². The lowest BCUT2D eigenvalue weighted by molar-refractivity contribution is -0.174. The smallest absolute Gasteiger partial charge is 0.258 e. The van der Waals surface area contributed by atoms with Crippen LogP contribution in [0.15, 0.2) is 23.0 Å². The number of aryl methyl sites for hydroxylation is 1. The lowest BCUT2D eigenvalue weighted by Gasteiger charge is -2.62. The Bertz CT molecular complexity index is 1240. The number of aromatic amines is 1. The van der Waals surface area contributed by atoms with Crippen molar-refractivity contribution in [2.45, 2.75) is 97.2 Å². The van der Waals surface area contributed by atoms with Gasteiger partial charge >= 0.3 is 0 Å². The van der Waals surface area contributed by atoms with Crippen LogP contribution in [0.1, 0.15) is 84.4 Å². The predicted molar refractivity (Wildman–Crippen MR) is 149 cm³/mol. The molecular weight excluding hydrogens is 476 g/mol. The summed E-state index contributed by atoms with van der Waals surface area (Å²) < 4.78 is 5.27. The molecule has 4 fully saturated rings. The normalized spacial score (nSPS) is 41.3. The van der Waals surface area contributed by atoms with Gasteiger partial charge in [0.2, 0.25) is 0 Å². The minimum atomic E-state index is -0.229. The fourth-order valence-electron chi connectivity index (χ4n) is 10.2. The van der Waals surface area contributed by atoms with Gasteiger partial charge in [-0.2, -0.15) is 0 Å². The van der Waals surface area contributed by atoms with Gasteiger partial charge in [0.1, 0.15) is 11.6 Å². The van der Waals surface area contributed by atoms with Gasteiger partial charge < -0.3 is 19.9 Å². The molecule has 0 amide bonds. The zero-order valence-corrected chi connectivity index (χ0v) is 23.6. The first-order valence-electron chi connectivity index (χ1n) is 15.1. The lowest BCUT2D eigenvalue weighted by atomic mass is 9.43. The third-order valence-corrected chi connectivity index (χ3v) is 12.2. The van der Waals surface area contributed by atoms with E-state index in [0.717, 1.165) is 49.9 Å². The molecule has 2 aromatic rings. The summed E-state index contributed by atoms with van der Waals surface area (Å²) in [4.78, 5) is 20.5. The predicted octanol–water partition coefficient (Wildman–Crippen LogP) is 5.49. The Balaban J connectivity index is 1.17. The van der Waals surface area contributed by atoms with Crippen LogP contribution in [0.2, 0.25) is 0 Å². The number of methoxy groups -OCH3 is 1. The summed E-state index contributed by atoms with van der Waals surface area (Å²) in [6.07, 6.45) is 10.1. The number of hydrogen-bond acceptors (Lipinski definition) is 5. The molecule has 0 spiro atoms. The van der Waals surface area contributed by atoms with Crippen LogP contribution in [-0.4, -0.2) is 39.5 Å². The minimum Gasteiger partial charge on any atom is -0.497 e. The Hall–Kier alpha value is -1.92. The molecule has 1 heterocycles. The lowest BCUT2D eigenvalue weighted by Crippen LogP contribution is -2.58. The van der Waals surface area contributed by atoms with Crippen LogP contribution < -0.4 is 10.3 Å². The van der Waals surface area contributed by atoms with Crippen molar-refractivity contribution in [2.75, 3.05) is 7.11 Å². The first-order valence-corrected chi connectivity index (χ1v) is 15.1. The van der Waals surface area contributed by atoms with Crippen LogP contribution in [0.3, 0.4) is 0 Å². The van der Waals surface area contributed by atoms with Gasteiger partial charge in [-0.3, -0.25) is 4.79 Å². The third-order valence-electron chi connectivity index (χ3n) is 12.2. The Morgan fingerprint density at radius 2 is 1.84 bits per heavy atom. The van der Waals surface area contributed by atoms with E-state index in [2.05, 4.69) is 25.8 Å². The topological polar surface area (TPSA) is 95.4 Å². The molecule has 38 heavy (non-hydrogen) atoms. The molecule has 208 valence electrons. The number of nitrogens with one attached hydrogen (secondary N) is 1. The summed E-state index contributed by atoms with van der Waals surface area (Å²) in [7, 11) is 1.60. The van der Waals surface area contributed by atoms with Crippen LogP contribution in [0, 0.1) is 46.3 Å². The van der Waals surface area contributed by atoms with Gasteiger partial charge in [-0.25, -0.2) is 4.98 Å². The number of aliphatic hydroxyl groups is 2. The summed E-state index contributed by atoms with van der Waals surface area (Å²) in [5.41, 5.74) is 1.15. The van der Waals surface area contributed by atoms with Gasteiger partial charge in [0.15, 0.2) is 0 Å². The number of fused-ring (bicyclic) bond motifs is 6. The molecule has 0 radical (unpaired) electrons. The molecule has 4 aliphatic rings. The van der Waals surface area contributed by atoms with Crippen LogP contribution in [0.4, 0.5) is 0 Å². The maximum absolute atomic E-state index is 12.7. The van der Waals surface area contributed by atoms with E-state index in [1.807, 2.05) is 12.1 Å². The van der Waals surface area contributed by atoms with Crippen molar-refractivity contribution < 1.29 is 14.9 Å². The van der Waals surface area contributed by atoms with Crippen molar-refractivity contribution in [1.82, 2.24) is 9.97 Å². The van der Waals surface area contributed by atoms with Gasteiger partial charge in [-0.1, -0.05) is 20.8 Å². The van der Waals surface area contributed by atoms with Crippen molar-refractivity contribution in [3.63, 3.8) is 0 Å². The number of nitrogens with zero attached hydrogens (tertiary/aromatic N) is 1. The van der Waals surface area contributed by atoms with E-state index in [1.54, 1.807) is 13.2 Å². The summed E-state index contributed by atoms with van der Waals surface area (Å²) in [5, 5.41) is 22.4. The molecule has 4 saturated carbocycles. The molecule has 1 unspecified atom stereocenters. The molecule has 4 aliphatic carbocycles. The number of H-pyrrole nitrogens is 1. The highest BCUT2D eigenvalue weighted by Gasteiger charge is 2.62. The number of benzene rings is 1. The maximum atomic E-state index is 12.7. The second-order valence-electron chi connectivity index (χ2n) is 13.9. The highest BCUT2D eigenvalue weighted by atomic mass is 16.5. The van der Waals surface area contributed by atoms with Crippen LogP contribution >= 0.6 is 0 Å². The molecule has 0 saturated heterocycles.